The third-order valence-corrected chi connectivity index (χ3v) is 12.8. The second-order valence-electron chi connectivity index (χ2n) is 15.2. The van der Waals surface area contributed by atoms with Crippen molar-refractivity contribution in [1.82, 2.24) is 0 Å². The standard InChI is InChI=1S/C31H54O4/c1-18(2)19(3)10-15-31(9,35)20-11-14-29(7)25(20)21(32)16-23-28(6)13-12-24(34)27(4,5)26(28)22(33)17-30(23,29)8/h18,20-26,32-35H,3,10-17H2,1-2,4-9H3/t20-,21+,22-,23+,24-,25-,26-,28+,29+,30+,31-/m0/s1. The first kappa shape index (κ1) is 27.6. The van der Waals surface area contributed by atoms with E-state index in [0.717, 1.165) is 38.5 Å². The third-order valence-electron chi connectivity index (χ3n) is 12.8. The summed E-state index contributed by atoms with van der Waals surface area (Å²) in [5.41, 5.74) is -0.405. The summed E-state index contributed by atoms with van der Waals surface area (Å²) in [6, 6.07) is 0. The number of allylic oxidation sites excluding steroid dienone is 1. The molecule has 0 heterocycles. The van der Waals surface area contributed by atoms with Gasteiger partial charge in [-0.1, -0.05) is 60.6 Å². The Morgan fingerprint density at radius 2 is 1.60 bits per heavy atom. The molecule has 4 nitrogen and oxygen atoms in total. The number of hydrogen-bond donors (Lipinski definition) is 4. The maximum atomic E-state index is 11.8. The van der Waals surface area contributed by atoms with Gasteiger partial charge < -0.3 is 20.4 Å². The molecule has 0 radical (unpaired) electrons. The molecule has 4 rings (SSSR count). The van der Waals surface area contributed by atoms with Crippen LogP contribution in [0.15, 0.2) is 12.2 Å². The van der Waals surface area contributed by atoms with Gasteiger partial charge in [0.15, 0.2) is 0 Å². The van der Waals surface area contributed by atoms with Crippen molar-refractivity contribution >= 4 is 0 Å². The summed E-state index contributed by atoms with van der Waals surface area (Å²) in [5.74, 6) is 0.797. The van der Waals surface area contributed by atoms with Crippen molar-refractivity contribution in [3.05, 3.63) is 12.2 Å². The average molecular weight is 491 g/mol. The molecule has 0 spiro atoms. The predicted octanol–water partition coefficient (Wildman–Crippen LogP) is 5.72. The van der Waals surface area contributed by atoms with Crippen molar-refractivity contribution in [2.45, 2.75) is 131 Å². The molecule has 4 N–H and O–H groups in total. The van der Waals surface area contributed by atoms with E-state index in [1.165, 1.54) is 5.57 Å². The van der Waals surface area contributed by atoms with E-state index < -0.39 is 23.9 Å². The highest BCUT2D eigenvalue weighted by molar-refractivity contribution is 5.21. The molecule has 0 aliphatic heterocycles. The lowest BCUT2D eigenvalue weighted by molar-refractivity contribution is -0.274. The van der Waals surface area contributed by atoms with Gasteiger partial charge in [0.1, 0.15) is 0 Å². The lowest BCUT2D eigenvalue weighted by Crippen LogP contribution is -2.69. The van der Waals surface area contributed by atoms with Crippen molar-refractivity contribution in [3.63, 3.8) is 0 Å². The van der Waals surface area contributed by atoms with Crippen LogP contribution in [0.4, 0.5) is 0 Å². The van der Waals surface area contributed by atoms with Crippen molar-refractivity contribution in [2.75, 3.05) is 0 Å². The van der Waals surface area contributed by atoms with Gasteiger partial charge in [-0.2, -0.15) is 0 Å². The molecule has 4 fully saturated rings. The molecule has 4 aliphatic rings. The Morgan fingerprint density at radius 3 is 2.20 bits per heavy atom. The molecule has 0 aromatic heterocycles. The minimum atomic E-state index is -0.846. The minimum Gasteiger partial charge on any atom is -0.393 e. The van der Waals surface area contributed by atoms with Gasteiger partial charge in [0.25, 0.3) is 0 Å². The molecule has 0 aromatic carbocycles. The first-order chi connectivity index (χ1) is 15.9. The summed E-state index contributed by atoms with van der Waals surface area (Å²) in [5, 5.41) is 46.2. The fraction of sp³-hybridized carbons (Fsp3) is 0.935. The largest absolute Gasteiger partial charge is 0.393 e. The van der Waals surface area contributed by atoms with Gasteiger partial charge >= 0.3 is 0 Å². The van der Waals surface area contributed by atoms with Crippen molar-refractivity contribution in [1.29, 1.82) is 0 Å². The lowest BCUT2D eigenvalue weighted by atomic mass is 9.34. The van der Waals surface area contributed by atoms with Crippen LogP contribution in [0.1, 0.15) is 107 Å². The Bertz CT molecular complexity index is 832. The second kappa shape index (κ2) is 8.55. The normalized spacial score (nSPS) is 50.7. The molecular formula is C31H54O4. The maximum absolute atomic E-state index is 11.8. The van der Waals surface area contributed by atoms with E-state index in [1.807, 2.05) is 6.92 Å². The second-order valence-corrected chi connectivity index (χ2v) is 15.2. The van der Waals surface area contributed by atoms with Crippen LogP contribution in [0.25, 0.3) is 0 Å². The zero-order valence-electron chi connectivity index (χ0n) is 23.8. The molecule has 0 saturated heterocycles. The average Bonchev–Trinajstić information content (AvgIpc) is 3.12. The zero-order valence-corrected chi connectivity index (χ0v) is 23.8. The van der Waals surface area contributed by atoms with Crippen molar-refractivity contribution in [3.8, 4) is 0 Å². The monoisotopic (exact) mass is 490 g/mol. The molecule has 0 unspecified atom stereocenters. The Balaban J connectivity index is 1.68. The molecule has 4 heteroatoms. The summed E-state index contributed by atoms with van der Waals surface area (Å²) in [4.78, 5) is 0. The van der Waals surface area contributed by atoms with Gasteiger partial charge in [-0.05, 0) is 110 Å². The number of aliphatic hydroxyl groups excluding tert-OH is 3. The van der Waals surface area contributed by atoms with Gasteiger partial charge in [-0.15, -0.1) is 0 Å². The number of fused-ring (bicyclic) bond motifs is 5. The molecule has 4 saturated carbocycles. The van der Waals surface area contributed by atoms with Gasteiger partial charge in [0.05, 0.1) is 23.9 Å². The highest BCUT2D eigenvalue weighted by Crippen LogP contribution is 2.75. The fourth-order valence-corrected chi connectivity index (χ4v) is 10.5. The van der Waals surface area contributed by atoms with Crippen LogP contribution < -0.4 is 0 Å². The van der Waals surface area contributed by atoms with Crippen molar-refractivity contribution in [2.24, 2.45) is 51.2 Å². The van der Waals surface area contributed by atoms with Gasteiger partial charge in [0.2, 0.25) is 0 Å². The van der Waals surface area contributed by atoms with Crippen LogP contribution in [0.5, 0.6) is 0 Å². The third kappa shape index (κ3) is 3.82. The van der Waals surface area contributed by atoms with Crippen LogP contribution in [-0.2, 0) is 0 Å². The van der Waals surface area contributed by atoms with Gasteiger partial charge in [-0.25, -0.2) is 0 Å². The van der Waals surface area contributed by atoms with E-state index in [1.54, 1.807) is 0 Å². The molecule has 11 atom stereocenters. The van der Waals surface area contributed by atoms with E-state index in [9.17, 15) is 20.4 Å². The number of hydrogen-bond acceptors (Lipinski definition) is 4. The predicted molar refractivity (Wildman–Crippen MR) is 142 cm³/mol. The zero-order chi connectivity index (χ0) is 26.4. The van der Waals surface area contributed by atoms with Crippen molar-refractivity contribution < 1.29 is 20.4 Å². The van der Waals surface area contributed by atoms with Gasteiger partial charge in [-0.3, -0.25) is 0 Å². The topological polar surface area (TPSA) is 80.9 Å². The molecule has 0 amide bonds. The lowest BCUT2D eigenvalue weighted by Gasteiger charge is -2.71. The van der Waals surface area contributed by atoms with Crippen LogP contribution in [0.3, 0.4) is 0 Å². The highest BCUT2D eigenvalue weighted by atomic mass is 16.3. The van der Waals surface area contributed by atoms with Crippen LogP contribution in [0.2, 0.25) is 0 Å². The molecular weight excluding hydrogens is 436 g/mol. The number of aliphatic hydroxyl groups is 4. The van der Waals surface area contributed by atoms with E-state index >= 15 is 0 Å². The maximum Gasteiger partial charge on any atom is 0.0654 e. The Hall–Kier alpha value is -0.420. The molecule has 4 aliphatic carbocycles. The Kier molecular flexibility index (Phi) is 6.74. The van der Waals surface area contributed by atoms with Gasteiger partial charge in [0, 0.05) is 0 Å². The molecule has 0 bridgehead atoms. The van der Waals surface area contributed by atoms with E-state index in [0.29, 0.717) is 18.8 Å². The summed E-state index contributed by atoms with van der Waals surface area (Å²) < 4.78 is 0. The SMILES string of the molecule is C=C(CC[C@](C)(O)[C@H]1CC[C@]2(C)[C@@H]1[C@H](O)C[C@@H]1[C@@]3(C)CC[C@H](O)C(C)(C)[C@@H]3[C@@H](O)C[C@]12C)C(C)C. The Labute approximate surface area is 214 Å². The first-order valence-electron chi connectivity index (χ1n) is 14.4. The fourth-order valence-electron chi connectivity index (χ4n) is 10.5. The van der Waals surface area contributed by atoms with Crippen LogP contribution in [-0.4, -0.2) is 44.3 Å². The highest BCUT2D eigenvalue weighted by Gasteiger charge is 2.72. The first-order valence-corrected chi connectivity index (χ1v) is 14.4. The quantitative estimate of drug-likeness (QED) is 0.372. The minimum absolute atomic E-state index is 0.0199. The molecule has 202 valence electrons. The van der Waals surface area contributed by atoms with E-state index in [4.69, 9.17) is 0 Å². The summed E-state index contributed by atoms with van der Waals surface area (Å²) in [7, 11) is 0. The smallest absolute Gasteiger partial charge is 0.0654 e. The Morgan fingerprint density at radius 1 is 0.971 bits per heavy atom. The van der Waals surface area contributed by atoms with E-state index in [-0.39, 0.29) is 45.3 Å². The van der Waals surface area contributed by atoms with Crippen LogP contribution >= 0.6 is 0 Å². The summed E-state index contributed by atoms with van der Waals surface area (Å²) in [6.45, 7) is 21.9. The molecule has 35 heavy (non-hydrogen) atoms. The summed E-state index contributed by atoms with van der Waals surface area (Å²) in [6.07, 6.45) is 5.18. The molecule has 0 aromatic rings. The van der Waals surface area contributed by atoms with E-state index in [2.05, 4.69) is 55.0 Å². The summed E-state index contributed by atoms with van der Waals surface area (Å²) >= 11 is 0. The number of rotatable bonds is 5. The van der Waals surface area contributed by atoms with Crippen LogP contribution in [0, 0.1) is 51.2 Å².